The molecule has 0 saturated carbocycles. The van der Waals surface area contributed by atoms with Crippen LogP contribution < -0.4 is 29.1 Å². The number of carboxylic acids is 1. The molecule has 1 aliphatic heterocycles. The second-order valence-corrected chi connectivity index (χ2v) is 12.4. The molecule has 3 aromatic rings. The van der Waals surface area contributed by atoms with E-state index in [0.717, 1.165) is 0 Å². The van der Waals surface area contributed by atoms with Crippen LogP contribution in [0.3, 0.4) is 0 Å². The molecular weight excluding hydrogens is 743 g/mol. The van der Waals surface area contributed by atoms with Gasteiger partial charge in [0.2, 0.25) is 0 Å². The van der Waals surface area contributed by atoms with Crippen molar-refractivity contribution in [3.8, 4) is 17.2 Å². The van der Waals surface area contributed by atoms with Gasteiger partial charge < -0.3 is 24.1 Å². The molecule has 1 N–H and O–H groups in total. The summed E-state index contributed by atoms with van der Waals surface area (Å²) >= 11 is 6.68. The van der Waals surface area contributed by atoms with Crippen molar-refractivity contribution in [2.45, 2.75) is 39.8 Å². The third-order valence-electron chi connectivity index (χ3n) is 6.04. The maximum absolute atomic E-state index is 14.0. The number of carbonyl (C=O) groups is 2. The van der Waals surface area contributed by atoms with Crippen molar-refractivity contribution in [3.05, 3.63) is 80.5 Å². The second kappa shape index (κ2) is 13.4. The van der Waals surface area contributed by atoms with E-state index in [9.17, 15) is 14.4 Å². The number of allylic oxidation sites excluding steroid dienone is 1. The Morgan fingerprint density at radius 2 is 1.98 bits per heavy atom. The Morgan fingerprint density at radius 3 is 2.60 bits per heavy atom. The molecule has 2 aromatic carbocycles. The van der Waals surface area contributed by atoms with Crippen molar-refractivity contribution in [2.75, 3.05) is 20.3 Å². The quantitative estimate of drug-likeness (QED) is 0.238. The molecule has 2 heterocycles. The van der Waals surface area contributed by atoms with Crippen molar-refractivity contribution in [1.29, 1.82) is 0 Å². The van der Waals surface area contributed by atoms with Crippen LogP contribution >= 0.6 is 49.9 Å². The van der Waals surface area contributed by atoms with Gasteiger partial charge in [0, 0.05) is 0 Å². The number of aliphatic carboxylic acids is 1. The molecule has 1 atom stereocenters. The van der Waals surface area contributed by atoms with E-state index >= 15 is 0 Å². The number of ether oxygens (including phenoxy) is 4. The molecule has 0 amide bonds. The van der Waals surface area contributed by atoms with E-state index in [1.807, 2.05) is 36.4 Å². The minimum Gasteiger partial charge on any atom is -0.493 e. The number of aromatic nitrogens is 1. The Balaban J connectivity index is 1.89. The van der Waals surface area contributed by atoms with Gasteiger partial charge in [0.1, 0.15) is 5.75 Å². The lowest BCUT2D eigenvalue weighted by Crippen LogP contribution is -2.40. The second-order valence-electron chi connectivity index (χ2n) is 9.38. The highest BCUT2D eigenvalue weighted by Gasteiger charge is 2.34. The highest BCUT2D eigenvalue weighted by molar-refractivity contribution is 14.1. The molecule has 10 nitrogen and oxygen atoms in total. The summed E-state index contributed by atoms with van der Waals surface area (Å²) in [4.78, 5) is 43.2. The highest BCUT2D eigenvalue weighted by atomic mass is 127. The van der Waals surface area contributed by atoms with Gasteiger partial charge in [-0.05, 0) is 108 Å². The van der Waals surface area contributed by atoms with Gasteiger partial charge >= 0.3 is 11.9 Å². The van der Waals surface area contributed by atoms with E-state index in [1.54, 1.807) is 50.3 Å². The van der Waals surface area contributed by atoms with Crippen molar-refractivity contribution >= 4 is 67.9 Å². The zero-order valence-corrected chi connectivity index (χ0v) is 28.0. The van der Waals surface area contributed by atoms with E-state index in [4.69, 9.17) is 24.1 Å². The van der Waals surface area contributed by atoms with Crippen molar-refractivity contribution in [2.24, 2.45) is 4.99 Å². The maximum Gasteiger partial charge on any atom is 0.341 e. The van der Waals surface area contributed by atoms with E-state index in [0.29, 0.717) is 51.4 Å². The molecule has 13 heteroatoms. The third kappa shape index (κ3) is 6.73. The lowest BCUT2D eigenvalue weighted by atomic mass is 9.95. The summed E-state index contributed by atoms with van der Waals surface area (Å²) in [5, 5.41) is 8.96. The normalized spacial score (nSPS) is 14.9. The standard InChI is InChI=1S/C29H28BrIN2O8S/c1-6-39-28(37)24-15(4)32-29-33(25(24)17-7-8-20(41-14(2)3)21(12-17)38-5)27(36)22(42-29)11-16-9-18(30)26(19(31)10-16)40-13-23(34)35/h7-12,14,25H,6,13H2,1-5H3,(H,34,35)/b22-11-/t25-/m1/s1. The van der Waals surface area contributed by atoms with Gasteiger partial charge in [-0.1, -0.05) is 17.4 Å². The molecule has 42 heavy (non-hydrogen) atoms. The van der Waals surface area contributed by atoms with E-state index in [-0.39, 0.29) is 23.8 Å². The number of benzene rings is 2. The number of thiazole rings is 1. The fraction of sp³-hybridized carbons (Fsp3) is 0.310. The smallest absolute Gasteiger partial charge is 0.341 e. The summed E-state index contributed by atoms with van der Waals surface area (Å²) in [5.41, 5.74) is 1.69. The average molecular weight is 771 g/mol. The summed E-state index contributed by atoms with van der Waals surface area (Å²) in [5.74, 6) is -0.251. The fourth-order valence-corrected chi connectivity index (χ4v) is 7.21. The van der Waals surface area contributed by atoms with E-state index in [1.165, 1.54) is 23.0 Å². The van der Waals surface area contributed by atoms with Gasteiger partial charge in [0.05, 0.1) is 49.7 Å². The van der Waals surface area contributed by atoms with Gasteiger partial charge in [-0.15, -0.1) is 0 Å². The molecule has 0 bridgehead atoms. The Bertz CT molecular complexity index is 1740. The predicted molar refractivity (Wildman–Crippen MR) is 169 cm³/mol. The van der Waals surface area contributed by atoms with Crippen LogP contribution in [0.5, 0.6) is 17.2 Å². The Labute approximate surface area is 267 Å². The zero-order valence-electron chi connectivity index (χ0n) is 23.4. The van der Waals surface area contributed by atoms with Crippen LogP contribution in [0.4, 0.5) is 0 Å². The number of halogens is 2. The molecule has 0 saturated heterocycles. The third-order valence-corrected chi connectivity index (χ3v) is 8.41. The van der Waals surface area contributed by atoms with E-state index < -0.39 is 24.6 Å². The summed E-state index contributed by atoms with van der Waals surface area (Å²) in [6.45, 7) is 6.94. The number of esters is 1. The minimum absolute atomic E-state index is 0.0828. The predicted octanol–water partition coefficient (Wildman–Crippen LogP) is 4.42. The van der Waals surface area contributed by atoms with Crippen LogP contribution in [0.15, 0.2) is 55.9 Å². The first kappa shape index (κ1) is 31.8. The summed E-state index contributed by atoms with van der Waals surface area (Å²) in [6, 6.07) is 8.02. The molecule has 1 aliphatic rings. The Kier molecular flexibility index (Phi) is 10.1. The van der Waals surface area contributed by atoms with Crippen LogP contribution in [0.2, 0.25) is 0 Å². The number of carboxylic acid groups (broad SMARTS) is 1. The van der Waals surface area contributed by atoms with Gasteiger partial charge in [-0.2, -0.15) is 0 Å². The summed E-state index contributed by atoms with van der Waals surface area (Å²) in [6.07, 6.45) is 1.64. The largest absolute Gasteiger partial charge is 0.493 e. The SMILES string of the molecule is CCOC(=O)C1=C(C)N=c2s/c(=C\c3cc(Br)c(OCC(=O)O)c(I)c3)c(=O)n2[C@@H]1c1ccc(OC(C)C)c(OC)c1. The average Bonchev–Trinajstić information content (AvgIpc) is 3.21. The van der Waals surface area contributed by atoms with Crippen LogP contribution in [-0.4, -0.2) is 48.0 Å². The van der Waals surface area contributed by atoms with E-state index in [2.05, 4.69) is 20.9 Å². The van der Waals surface area contributed by atoms with Crippen LogP contribution in [0.25, 0.3) is 6.08 Å². The molecular formula is C29H28BrIN2O8S. The van der Waals surface area contributed by atoms with Gasteiger partial charge in [-0.3, -0.25) is 9.36 Å². The van der Waals surface area contributed by atoms with Crippen LogP contribution in [-0.2, 0) is 14.3 Å². The van der Waals surface area contributed by atoms with Crippen molar-refractivity contribution in [3.63, 3.8) is 0 Å². The molecule has 4 rings (SSSR count). The fourth-order valence-electron chi connectivity index (χ4n) is 4.40. The Morgan fingerprint density at radius 1 is 1.24 bits per heavy atom. The molecule has 0 radical (unpaired) electrons. The van der Waals surface area contributed by atoms with Gasteiger partial charge in [0.25, 0.3) is 5.56 Å². The van der Waals surface area contributed by atoms with Crippen molar-refractivity contribution < 1.29 is 33.6 Å². The molecule has 1 aromatic heterocycles. The lowest BCUT2D eigenvalue weighted by molar-refractivity contribution is -0.140. The number of fused-ring (bicyclic) bond motifs is 1. The highest BCUT2D eigenvalue weighted by Crippen LogP contribution is 2.37. The molecule has 0 aliphatic carbocycles. The number of rotatable bonds is 10. The lowest BCUT2D eigenvalue weighted by Gasteiger charge is -2.25. The number of nitrogens with zero attached hydrogens (tertiary/aromatic N) is 2. The Hall–Kier alpha value is -3.17. The van der Waals surface area contributed by atoms with Gasteiger partial charge in [0.15, 0.2) is 22.9 Å². The van der Waals surface area contributed by atoms with Crippen LogP contribution in [0.1, 0.15) is 44.9 Å². The van der Waals surface area contributed by atoms with Crippen molar-refractivity contribution in [1.82, 2.24) is 4.57 Å². The van der Waals surface area contributed by atoms with Crippen LogP contribution in [0, 0.1) is 3.57 Å². The number of hydrogen-bond acceptors (Lipinski definition) is 9. The minimum atomic E-state index is -1.09. The topological polar surface area (TPSA) is 126 Å². The number of carbonyl (C=O) groups excluding carboxylic acids is 1. The molecule has 0 fully saturated rings. The molecule has 0 unspecified atom stereocenters. The summed E-state index contributed by atoms with van der Waals surface area (Å²) in [7, 11) is 1.53. The maximum atomic E-state index is 14.0. The first-order valence-corrected chi connectivity index (χ1v) is 15.5. The number of hydrogen-bond donors (Lipinski definition) is 1. The summed E-state index contributed by atoms with van der Waals surface area (Å²) < 4.78 is 25.3. The van der Waals surface area contributed by atoms with Gasteiger partial charge in [-0.25, -0.2) is 14.6 Å². The first-order chi connectivity index (χ1) is 19.9. The molecule has 0 spiro atoms. The zero-order chi connectivity index (χ0) is 30.7. The first-order valence-electron chi connectivity index (χ1n) is 12.8. The molecule has 222 valence electrons. The monoisotopic (exact) mass is 770 g/mol. The number of methoxy groups -OCH3 is 1.